The first-order valence-corrected chi connectivity index (χ1v) is 11.8. The summed E-state index contributed by atoms with van der Waals surface area (Å²) in [5, 5.41) is 20.1. The second-order valence-electron chi connectivity index (χ2n) is 9.88. The molecule has 2 N–H and O–H groups in total. The highest BCUT2D eigenvalue weighted by atomic mass is 19.4. The Morgan fingerprint density at radius 3 is 2.39 bits per heavy atom. The number of nitrogens with zero attached hydrogens (tertiary/aromatic N) is 2. The van der Waals surface area contributed by atoms with E-state index in [1.807, 2.05) is 0 Å². The highest BCUT2D eigenvalue weighted by Crippen LogP contribution is 2.48. The average Bonchev–Trinajstić information content (AvgIpc) is 3.31. The Balaban J connectivity index is 1.43. The SMILES string of the molecule is CC(C)(O)c1ccc(C(=O)N2CCC3(CC2)Oc2ccccc2-n2c(C(F)(F)F)ccc23)cc1CO. The second-order valence-corrected chi connectivity index (χ2v) is 9.88. The van der Waals surface area contributed by atoms with Crippen LogP contribution in [0.5, 0.6) is 5.75 Å². The zero-order valence-corrected chi connectivity index (χ0v) is 20.0. The first-order chi connectivity index (χ1) is 16.9. The van der Waals surface area contributed by atoms with E-state index in [-0.39, 0.29) is 25.6 Å². The lowest BCUT2D eigenvalue weighted by Gasteiger charge is -2.45. The number of amides is 1. The molecule has 1 aromatic heterocycles. The summed E-state index contributed by atoms with van der Waals surface area (Å²) in [5.74, 6) is 0.130. The molecule has 0 unspecified atom stereocenters. The van der Waals surface area contributed by atoms with E-state index in [4.69, 9.17) is 4.74 Å². The third kappa shape index (κ3) is 3.96. The van der Waals surface area contributed by atoms with Crippen molar-refractivity contribution in [2.24, 2.45) is 0 Å². The number of rotatable bonds is 3. The third-order valence-electron chi connectivity index (χ3n) is 7.09. The van der Waals surface area contributed by atoms with E-state index < -0.39 is 23.1 Å². The first-order valence-electron chi connectivity index (χ1n) is 11.8. The van der Waals surface area contributed by atoms with Gasteiger partial charge in [0, 0.05) is 31.5 Å². The largest absolute Gasteiger partial charge is 0.479 e. The van der Waals surface area contributed by atoms with E-state index in [1.54, 1.807) is 61.2 Å². The highest BCUT2D eigenvalue weighted by Gasteiger charge is 2.48. The Morgan fingerprint density at radius 2 is 1.75 bits per heavy atom. The number of carbonyl (C=O) groups is 1. The molecule has 0 radical (unpaired) electrons. The van der Waals surface area contributed by atoms with Crippen molar-refractivity contribution in [1.82, 2.24) is 9.47 Å². The number of para-hydroxylation sites is 2. The molecule has 0 bridgehead atoms. The number of halogens is 3. The van der Waals surface area contributed by atoms with Gasteiger partial charge in [-0.3, -0.25) is 4.79 Å². The zero-order valence-electron chi connectivity index (χ0n) is 20.0. The van der Waals surface area contributed by atoms with Crippen molar-refractivity contribution in [1.29, 1.82) is 0 Å². The minimum atomic E-state index is -4.53. The van der Waals surface area contributed by atoms with Crippen molar-refractivity contribution in [2.75, 3.05) is 13.1 Å². The molecule has 1 saturated heterocycles. The molecule has 2 aliphatic rings. The number of fused-ring (bicyclic) bond motifs is 4. The Labute approximate surface area is 206 Å². The van der Waals surface area contributed by atoms with Crippen molar-refractivity contribution in [3.05, 3.63) is 82.7 Å². The van der Waals surface area contributed by atoms with Crippen LogP contribution in [0.1, 0.15) is 59.6 Å². The highest BCUT2D eigenvalue weighted by molar-refractivity contribution is 5.94. The topological polar surface area (TPSA) is 74.9 Å². The molecule has 3 heterocycles. The molecule has 1 fully saturated rings. The normalized spacial score (nSPS) is 16.9. The molecule has 1 amide bonds. The fraction of sp³-hybridized carbons (Fsp3) is 0.370. The quantitative estimate of drug-likeness (QED) is 0.545. The van der Waals surface area contributed by atoms with E-state index in [0.717, 1.165) is 6.07 Å². The van der Waals surface area contributed by atoms with Crippen LogP contribution in [0.2, 0.25) is 0 Å². The summed E-state index contributed by atoms with van der Waals surface area (Å²) in [6.07, 6.45) is -3.88. The van der Waals surface area contributed by atoms with Crippen LogP contribution < -0.4 is 4.74 Å². The monoisotopic (exact) mass is 500 g/mol. The molecule has 2 aliphatic heterocycles. The van der Waals surface area contributed by atoms with Gasteiger partial charge in [0.05, 0.1) is 23.6 Å². The molecular weight excluding hydrogens is 473 g/mol. The molecular formula is C27H27F3N2O4. The number of carbonyl (C=O) groups excluding carboxylic acids is 1. The van der Waals surface area contributed by atoms with Gasteiger partial charge in [-0.1, -0.05) is 18.2 Å². The number of ether oxygens (including phenoxy) is 1. The lowest BCUT2D eigenvalue weighted by atomic mass is 9.86. The van der Waals surface area contributed by atoms with Crippen LogP contribution in [-0.2, 0) is 24.0 Å². The lowest BCUT2D eigenvalue weighted by Crippen LogP contribution is -2.50. The maximum absolute atomic E-state index is 13.8. The standard InChI is InChI=1S/C27H27F3N2O4/c1-25(2,35)19-8-7-17(15-18(19)16-33)24(34)31-13-11-26(12-14-31)22-9-10-23(27(28,29)30)32(22)20-5-3-4-6-21(20)36-26/h3-10,15,33,35H,11-14,16H2,1-2H3. The Bertz CT molecular complexity index is 1320. The number of aliphatic hydroxyl groups excluding tert-OH is 1. The molecule has 2 aromatic carbocycles. The maximum atomic E-state index is 13.8. The number of alkyl halides is 3. The fourth-order valence-electron chi connectivity index (χ4n) is 5.33. The van der Waals surface area contributed by atoms with Gasteiger partial charge in [-0.05, 0) is 61.4 Å². The van der Waals surface area contributed by atoms with E-state index in [9.17, 15) is 28.2 Å². The summed E-state index contributed by atoms with van der Waals surface area (Å²) in [5.41, 5.74) is -0.766. The van der Waals surface area contributed by atoms with Crippen LogP contribution >= 0.6 is 0 Å². The van der Waals surface area contributed by atoms with Gasteiger partial charge in [-0.25, -0.2) is 0 Å². The number of aliphatic hydroxyl groups is 2. The molecule has 0 atom stereocenters. The smallest absolute Gasteiger partial charge is 0.431 e. The Hall–Kier alpha value is -3.30. The van der Waals surface area contributed by atoms with Gasteiger partial charge in [0.25, 0.3) is 5.91 Å². The van der Waals surface area contributed by atoms with Gasteiger partial charge in [0.2, 0.25) is 0 Å². The molecule has 1 spiro atoms. The van der Waals surface area contributed by atoms with E-state index in [2.05, 4.69) is 0 Å². The Morgan fingerprint density at radius 1 is 1.06 bits per heavy atom. The van der Waals surface area contributed by atoms with Crippen molar-refractivity contribution in [3.8, 4) is 11.4 Å². The lowest BCUT2D eigenvalue weighted by molar-refractivity contribution is -0.143. The minimum Gasteiger partial charge on any atom is -0.479 e. The number of benzene rings is 2. The number of piperidine rings is 1. The predicted molar refractivity (Wildman–Crippen MR) is 126 cm³/mol. The number of likely N-dealkylation sites (tertiary alicyclic amines) is 1. The van der Waals surface area contributed by atoms with Crippen LogP contribution in [0, 0.1) is 0 Å². The molecule has 3 aromatic rings. The molecule has 6 nitrogen and oxygen atoms in total. The predicted octanol–water partition coefficient (Wildman–Crippen LogP) is 4.74. The van der Waals surface area contributed by atoms with Crippen molar-refractivity contribution >= 4 is 5.91 Å². The Kier molecular flexibility index (Phi) is 5.68. The average molecular weight is 501 g/mol. The van der Waals surface area contributed by atoms with Crippen LogP contribution in [-0.4, -0.2) is 38.7 Å². The molecule has 5 rings (SSSR count). The van der Waals surface area contributed by atoms with E-state index >= 15 is 0 Å². The number of aromatic nitrogens is 1. The van der Waals surface area contributed by atoms with Crippen LogP contribution in [0.25, 0.3) is 5.69 Å². The number of hydrogen-bond donors (Lipinski definition) is 2. The fourth-order valence-corrected chi connectivity index (χ4v) is 5.33. The molecule has 9 heteroatoms. The van der Waals surface area contributed by atoms with Gasteiger partial charge in [0.15, 0.2) is 5.60 Å². The van der Waals surface area contributed by atoms with Gasteiger partial charge in [0.1, 0.15) is 11.4 Å². The maximum Gasteiger partial charge on any atom is 0.431 e. The van der Waals surface area contributed by atoms with Gasteiger partial charge in [-0.2, -0.15) is 13.2 Å². The van der Waals surface area contributed by atoms with E-state index in [0.29, 0.717) is 46.7 Å². The van der Waals surface area contributed by atoms with E-state index in [1.165, 1.54) is 10.6 Å². The van der Waals surface area contributed by atoms with Crippen LogP contribution in [0.4, 0.5) is 13.2 Å². The summed E-state index contributed by atoms with van der Waals surface area (Å²) < 4.78 is 49.1. The zero-order chi connectivity index (χ0) is 25.9. The summed E-state index contributed by atoms with van der Waals surface area (Å²) in [6, 6.07) is 14.1. The van der Waals surface area contributed by atoms with Crippen molar-refractivity contribution in [2.45, 2.75) is 50.7 Å². The van der Waals surface area contributed by atoms with Crippen molar-refractivity contribution < 1.29 is 32.9 Å². The molecule has 0 aliphatic carbocycles. The molecule has 36 heavy (non-hydrogen) atoms. The minimum absolute atomic E-state index is 0.246. The summed E-state index contributed by atoms with van der Waals surface area (Å²) in [6.45, 7) is 3.46. The van der Waals surface area contributed by atoms with Gasteiger partial charge < -0.3 is 24.4 Å². The molecule has 190 valence electrons. The van der Waals surface area contributed by atoms with Crippen LogP contribution in [0.3, 0.4) is 0 Å². The van der Waals surface area contributed by atoms with Gasteiger partial charge in [-0.15, -0.1) is 0 Å². The summed E-state index contributed by atoms with van der Waals surface area (Å²) in [4.78, 5) is 14.9. The summed E-state index contributed by atoms with van der Waals surface area (Å²) in [7, 11) is 0. The number of hydrogen-bond acceptors (Lipinski definition) is 4. The molecule has 0 saturated carbocycles. The third-order valence-corrected chi connectivity index (χ3v) is 7.09. The summed E-state index contributed by atoms with van der Waals surface area (Å²) >= 11 is 0. The first kappa shape index (κ1) is 24.4. The van der Waals surface area contributed by atoms with Crippen molar-refractivity contribution in [3.63, 3.8) is 0 Å². The van der Waals surface area contributed by atoms with Crippen LogP contribution in [0.15, 0.2) is 54.6 Å². The second kappa shape index (κ2) is 8.38. The van der Waals surface area contributed by atoms with Gasteiger partial charge >= 0.3 is 6.18 Å².